The van der Waals surface area contributed by atoms with Gasteiger partial charge < -0.3 is 11.1 Å². The van der Waals surface area contributed by atoms with Gasteiger partial charge in [0.1, 0.15) is 0 Å². The molecule has 0 saturated heterocycles. The van der Waals surface area contributed by atoms with Crippen LogP contribution in [0.15, 0.2) is 60.7 Å². The highest BCUT2D eigenvalue weighted by Crippen LogP contribution is 2.22. The highest BCUT2D eigenvalue weighted by atomic mass is 16.1. The van der Waals surface area contributed by atoms with Crippen molar-refractivity contribution in [2.75, 3.05) is 6.54 Å². The summed E-state index contributed by atoms with van der Waals surface area (Å²) >= 11 is 0. The van der Waals surface area contributed by atoms with E-state index in [1.54, 1.807) is 0 Å². The molecule has 2 rings (SSSR count). The molecule has 0 fully saturated rings. The van der Waals surface area contributed by atoms with Crippen molar-refractivity contribution >= 4 is 5.91 Å². The quantitative estimate of drug-likeness (QED) is 0.856. The molecule has 110 valence electrons. The van der Waals surface area contributed by atoms with Crippen LogP contribution >= 0.6 is 0 Å². The number of benzene rings is 2. The van der Waals surface area contributed by atoms with E-state index in [0.29, 0.717) is 13.0 Å². The summed E-state index contributed by atoms with van der Waals surface area (Å²) in [6, 6.07) is 19.9. The number of hydrogen-bond acceptors (Lipinski definition) is 2. The van der Waals surface area contributed by atoms with Crippen LogP contribution in [0.1, 0.15) is 30.5 Å². The summed E-state index contributed by atoms with van der Waals surface area (Å²) in [6.07, 6.45) is 0.451. The van der Waals surface area contributed by atoms with E-state index >= 15 is 0 Å². The molecule has 0 bridgehead atoms. The van der Waals surface area contributed by atoms with Crippen molar-refractivity contribution < 1.29 is 4.79 Å². The van der Waals surface area contributed by atoms with Gasteiger partial charge in [0.15, 0.2) is 0 Å². The Bertz CT molecular complexity index is 514. The third-order valence-electron chi connectivity index (χ3n) is 3.51. The van der Waals surface area contributed by atoms with Crippen LogP contribution in [0.25, 0.3) is 0 Å². The van der Waals surface area contributed by atoms with Crippen molar-refractivity contribution in [3.63, 3.8) is 0 Å². The zero-order chi connectivity index (χ0) is 15.1. The van der Waals surface area contributed by atoms with Gasteiger partial charge in [0, 0.05) is 6.42 Å². The summed E-state index contributed by atoms with van der Waals surface area (Å²) < 4.78 is 0. The number of hydrogen-bond donors (Lipinski definition) is 2. The van der Waals surface area contributed by atoms with Gasteiger partial charge in [-0.2, -0.15) is 0 Å². The molecule has 2 aromatic rings. The molecule has 0 aromatic heterocycles. The zero-order valence-electron chi connectivity index (χ0n) is 12.3. The van der Waals surface area contributed by atoms with E-state index in [0.717, 1.165) is 11.1 Å². The highest BCUT2D eigenvalue weighted by Gasteiger charge is 2.17. The average molecular weight is 282 g/mol. The standard InChI is InChI=1S/C18H22N2O/c1-14(13-19)12-17(21)20-18(15-8-4-2-5-9-15)16-10-6-3-7-11-16/h2-11,14,18H,12-13,19H2,1H3,(H,20,21). The minimum Gasteiger partial charge on any atom is -0.345 e. The summed E-state index contributed by atoms with van der Waals surface area (Å²) in [5, 5.41) is 3.12. The smallest absolute Gasteiger partial charge is 0.221 e. The molecule has 0 aliphatic heterocycles. The second-order valence-corrected chi connectivity index (χ2v) is 5.37. The van der Waals surface area contributed by atoms with Crippen molar-refractivity contribution in [3.05, 3.63) is 71.8 Å². The van der Waals surface area contributed by atoms with Gasteiger partial charge in [0.25, 0.3) is 0 Å². The summed E-state index contributed by atoms with van der Waals surface area (Å²) in [4.78, 5) is 12.2. The monoisotopic (exact) mass is 282 g/mol. The van der Waals surface area contributed by atoms with Gasteiger partial charge in [-0.15, -0.1) is 0 Å². The Kier molecular flexibility index (Phi) is 5.52. The first kappa shape index (κ1) is 15.3. The normalized spacial score (nSPS) is 12.1. The number of amides is 1. The van der Waals surface area contributed by atoms with E-state index in [9.17, 15) is 4.79 Å². The fraction of sp³-hybridized carbons (Fsp3) is 0.278. The fourth-order valence-corrected chi connectivity index (χ4v) is 2.27. The van der Waals surface area contributed by atoms with Gasteiger partial charge >= 0.3 is 0 Å². The molecule has 0 radical (unpaired) electrons. The zero-order valence-corrected chi connectivity index (χ0v) is 12.3. The van der Waals surface area contributed by atoms with E-state index in [-0.39, 0.29) is 17.9 Å². The molecular weight excluding hydrogens is 260 g/mol. The van der Waals surface area contributed by atoms with Gasteiger partial charge in [-0.25, -0.2) is 0 Å². The largest absolute Gasteiger partial charge is 0.345 e. The second-order valence-electron chi connectivity index (χ2n) is 5.37. The van der Waals surface area contributed by atoms with E-state index in [2.05, 4.69) is 5.32 Å². The maximum atomic E-state index is 12.2. The lowest BCUT2D eigenvalue weighted by molar-refractivity contribution is -0.122. The molecular formula is C18H22N2O. The van der Waals surface area contributed by atoms with Crippen molar-refractivity contribution in [3.8, 4) is 0 Å². The van der Waals surface area contributed by atoms with E-state index < -0.39 is 0 Å². The first-order valence-electron chi connectivity index (χ1n) is 7.30. The number of carbonyl (C=O) groups is 1. The molecule has 1 atom stereocenters. The first-order valence-corrected chi connectivity index (χ1v) is 7.30. The number of rotatable bonds is 6. The third-order valence-corrected chi connectivity index (χ3v) is 3.51. The van der Waals surface area contributed by atoms with E-state index in [1.165, 1.54) is 0 Å². The van der Waals surface area contributed by atoms with Crippen LogP contribution in [-0.4, -0.2) is 12.5 Å². The SMILES string of the molecule is CC(CN)CC(=O)NC(c1ccccc1)c1ccccc1. The molecule has 0 aliphatic rings. The topological polar surface area (TPSA) is 55.1 Å². The second kappa shape index (κ2) is 7.60. The van der Waals surface area contributed by atoms with Crippen molar-refractivity contribution in [2.24, 2.45) is 11.7 Å². The lowest BCUT2D eigenvalue weighted by atomic mass is 9.98. The van der Waals surface area contributed by atoms with Gasteiger partial charge in [0.05, 0.1) is 6.04 Å². The van der Waals surface area contributed by atoms with Crippen molar-refractivity contribution in [1.82, 2.24) is 5.32 Å². The lowest BCUT2D eigenvalue weighted by Crippen LogP contribution is -2.31. The maximum absolute atomic E-state index is 12.2. The number of carbonyl (C=O) groups excluding carboxylic acids is 1. The summed E-state index contributed by atoms with van der Waals surface area (Å²) in [5.74, 6) is 0.225. The van der Waals surface area contributed by atoms with E-state index in [4.69, 9.17) is 5.73 Å². The first-order chi connectivity index (χ1) is 10.2. The minimum atomic E-state index is -0.120. The molecule has 1 amide bonds. The molecule has 2 aromatic carbocycles. The van der Waals surface area contributed by atoms with Crippen LogP contribution in [0.3, 0.4) is 0 Å². The van der Waals surface area contributed by atoms with Crippen LogP contribution < -0.4 is 11.1 Å². The van der Waals surface area contributed by atoms with Crippen LogP contribution in [0, 0.1) is 5.92 Å². The molecule has 0 aliphatic carbocycles. The predicted octanol–water partition coefficient (Wildman–Crippen LogP) is 2.88. The summed E-state index contributed by atoms with van der Waals surface area (Å²) in [6.45, 7) is 2.51. The van der Waals surface area contributed by atoms with E-state index in [1.807, 2.05) is 67.6 Å². The Morgan fingerprint density at radius 3 is 1.90 bits per heavy atom. The molecule has 21 heavy (non-hydrogen) atoms. The molecule has 0 spiro atoms. The Labute approximate surface area is 126 Å². The van der Waals surface area contributed by atoms with Crippen LogP contribution in [0.4, 0.5) is 0 Å². The molecule has 0 heterocycles. The Hall–Kier alpha value is -2.13. The van der Waals surface area contributed by atoms with Crippen molar-refractivity contribution in [2.45, 2.75) is 19.4 Å². The predicted molar refractivity (Wildman–Crippen MR) is 85.7 cm³/mol. The number of nitrogens with one attached hydrogen (secondary N) is 1. The highest BCUT2D eigenvalue weighted by molar-refractivity contribution is 5.77. The fourth-order valence-electron chi connectivity index (χ4n) is 2.27. The summed E-state index contributed by atoms with van der Waals surface area (Å²) in [5.41, 5.74) is 7.76. The Morgan fingerprint density at radius 1 is 1.00 bits per heavy atom. The van der Waals surface area contributed by atoms with Crippen LogP contribution in [0.5, 0.6) is 0 Å². The molecule has 3 heteroatoms. The number of nitrogens with two attached hydrogens (primary N) is 1. The van der Waals surface area contributed by atoms with Gasteiger partial charge in [-0.05, 0) is 23.6 Å². The maximum Gasteiger partial charge on any atom is 0.221 e. The van der Waals surface area contributed by atoms with Crippen molar-refractivity contribution in [1.29, 1.82) is 0 Å². The van der Waals surface area contributed by atoms with Crippen LogP contribution in [-0.2, 0) is 4.79 Å². The molecule has 0 saturated carbocycles. The average Bonchev–Trinajstić information content (AvgIpc) is 2.54. The van der Waals surface area contributed by atoms with Crippen LogP contribution in [0.2, 0.25) is 0 Å². The third kappa shape index (κ3) is 4.43. The lowest BCUT2D eigenvalue weighted by Gasteiger charge is -2.20. The van der Waals surface area contributed by atoms with Gasteiger partial charge in [-0.3, -0.25) is 4.79 Å². The van der Waals surface area contributed by atoms with Gasteiger partial charge in [-0.1, -0.05) is 67.6 Å². The minimum absolute atomic E-state index is 0.0330. The molecule has 1 unspecified atom stereocenters. The van der Waals surface area contributed by atoms with Gasteiger partial charge in [0.2, 0.25) is 5.91 Å². The Balaban J connectivity index is 2.19. The Morgan fingerprint density at radius 2 is 1.48 bits per heavy atom. The molecule has 3 N–H and O–H groups in total. The summed E-state index contributed by atoms with van der Waals surface area (Å²) in [7, 11) is 0. The molecule has 3 nitrogen and oxygen atoms in total.